The summed E-state index contributed by atoms with van der Waals surface area (Å²) in [7, 11) is 2.07. The highest BCUT2D eigenvalue weighted by molar-refractivity contribution is 7.07. The molecule has 17 heavy (non-hydrogen) atoms. The molecule has 3 atom stereocenters. The molecule has 1 nitrogen and oxygen atoms in total. The summed E-state index contributed by atoms with van der Waals surface area (Å²) in [5, 5.41) is 7.90. The van der Waals surface area contributed by atoms with Crippen LogP contribution in [0.4, 0.5) is 0 Å². The van der Waals surface area contributed by atoms with Crippen LogP contribution < -0.4 is 5.32 Å². The van der Waals surface area contributed by atoms with E-state index in [-0.39, 0.29) is 0 Å². The van der Waals surface area contributed by atoms with Gasteiger partial charge in [-0.05, 0) is 53.3 Å². The van der Waals surface area contributed by atoms with Gasteiger partial charge in [0.25, 0.3) is 0 Å². The van der Waals surface area contributed by atoms with E-state index in [1.54, 1.807) is 11.3 Å². The molecule has 0 amide bonds. The first-order valence-electron chi connectivity index (χ1n) is 6.14. The Morgan fingerprint density at radius 1 is 1.24 bits per heavy atom. The molecular formula is C15H17NS. The minimum Gasteiger partial charge on any atom is -0.313 e. The van der Waals surface area contributed by atoms with Crippen molar-refractivity contribution in [3.8, 4) is 0 Å². The Balaban J connectivity index is 1.75. The molecule has 0 saturated heterocycles. The van der Waals surface area contributed by atoms with E-state index in [1.165, 1.54) is 17.5 Å². The van der Waals surface area contributed by atoms with Gasteiger partial charge in [0.15, 0.2) is 0 Å². The van der Waals surface area contributed by atoms with E-state index in [4.69, 9.17) is 0 Å². The maximum absolute atomic E-state index is 3.47. The molecule has 1 saturated carbocycles. The molecule has 1 aliphatic rings. The topological polar surface area (TPSA) is 12.0 Å². The Labute approximate surface area is 106 Å². The molecule has 2 aromatic rings. The third kappa shape index (κ3) is 2.15. The molecule has 0 bridgehead atoms. The predicted octanol–water partition coefficient (Wildman–Crippen LogP) is 3.81. The lowest BCUT2D eigenvalue weighted by Crippen LogP contribution is -2.18. The highest BCUT2D eigenvalue weighted by Gasteiger charge is 2.43. The zero-order valence-electron chi connectivity index (χ0n) is 9.97. The SMILES string of the molecule is CNC(c1ccsc1)C1CC1c1ccccc1. The van der Waals surface area contributed by atoms with Crippen LogP contribution in [0.1, 0.15) is 29.5 Å². The normalized spacial score (nSPS) is 24.5. The highest BCUT2D eigenvalue weighted by Crippen LogP contribution is 2.54. The van der Waals surface area contributed by atoms with Crippen molar-refractivity contribution >= 4 is 11.3 Å². The van der Waals surface area contributed by atoms with Crippen molar-refractivity contribution < 1.29 is 0 Å². The van der Waals surface area contributed by atoms with Crippen molar-refractivity contribution in [3.05, 3.63) is 58.3 Å². The molecule has 1 heterocycles. The molecule has 1 fully saturated rings. The van der Waals surface area contributed by atoms with Crippen molar-refractivity contribution in [1.29, 1.82) is 0 Å². The van der Waals surface area contributed by atoms with Gasteiger partial charge in [-0.15, -0.1) is 0 Å². The van der Waals surface area contributed by atoms with Crippen molar-refractivity contribution in [3.63, 3.8) is 0 Å². The lowest BCUT2D eigenvalue weighted by Gasteiger charge is -2.14. The molecule has 3 unspecified atom stereocenters. The van der Waals surface area contributed by atoms with E-state index in [9.17, 15) is 0 Å². The van der Waals surface area contributed by atoms with Crippen LogP contribution in [0.15, 0.2) is 47.2 Å². The number of hydrogen-bond acceptors (Lipinski definition) is 2. The summed E-state index contributed by atoms with van der Waals surface area (Å²) in [4.78, 5) is 0. The second kappa shape index (κ2) is 4.63. The molecule has 2 heteroatoms. The van der Waals surface area contributed by atoms with Crippen LogP contribution in [0, 0.1) is 5.92 Å². The monoisotopic (exact) mass is 243 g/mol. The second-order valence-corrected chi connectivity index (χ2v) is 5.52. The van der Waals surface area contributed by atoms with Crippen LogP contribution in [0.5, 0.6) is 0 Å². The van der Waals surface area contributed by atoms with Crippen LogP contribution >= 0.6 is 11.3 Å². The molecule has 1 aromatic carbocycles. The molecule has 0 aliphatic heterocycles. The third-order valence-corrected chi connectivity index (χ3v) is 4.41. The molecule has 3 rings (SSSR count). The Morgan fingerprint density at radius 3 is 2.71 bits per heavy atom. The summed E-state index contributed by atoms with van der Waals surface area (Å²) in [5.41, 5.74) is 2.94. The molecule has 88 valence electrons. The van der Waals surface area contributed by atoms with Crippen LogP contribution in [0.25, 0.3) is 0 Å². The maximum atomic E-state index is 3.47. The number of hydrogen-bond donors (Lipinski definition) is 1. The lowest BCUT2D eigenvalue weighted by atomic mass is 10.0. The third-order valence-electron chi connectivity index (χ3n) is 3.71. The predicted molar refractivity (Wildman–Crippen MR) is 73.4 cm³/mol. The average Bonchev–Trinajstić information content (AvgIpc) is 2.97. The van der Waals surface area contributed by atoms with E-state index in [0.717, 1.165) is 11.8 Å². The largest absolute Gasteiger partial charge is 0.313 e. The molecular weight excluding hydrogens is 226 g/mol. The minimum atomic E-state index is 0.520. The highest BCUT2D eigenvalue weighted by atomic mass is 32.1. The fourth-order valence-electron chi connectivity index (χ4n) is 2.75. The van der Waals surface area contributed by atoms with E-state index in [0.29, 0.717) is 6.04 Å². The zero-order valence-corrected chi connectivity index (χ0v) is 10.8. The van der Waals surface area contributed by atoms with Gasteiger partial charge in [0.05, 0.1) is 0 Å². The van der Waals surface area contributed by atoms with E-state index in [1.807, 2.05) is 0 Å². The van der Waals surface area contributed by atoms with Gasteiger partial charge in [-0.3, -0.25) is 0 Å². The average molecular weight is 243 g/mol. The van der Waals surface area contributed by atoms with Gasteiger partial charge in [0.1, 0.15) is 0 Å². The molecule has 1 aliphatic carbocycles. The van der Waals surface area contributed by atoms with Gasteiger partial charge in [-0.25, -0.2) is 0 Å². The number of nitrogens with one attached hydrogen (secondary N) is 1. The quantitative estimate of drug-likeness (QED) is 0.861. The van der Waals surface area contributed by atoms with Crippen molar-refractivity contribution in [2.75, 3.05) is 7.05 Å². The van der Waals surface area contributed by atoms with Gasteiger partial charge in [0.2, 0.25) is 0 Å². The molecule has 1 N–H and O–H groups in total. The van der Waals surface area contributed by atoms with Gasteiger partial charge in [-0.2, -0.15) is 11.3 Å². The molecule has 0 spiro atoms. The first-order valence-corrected chi connectivity index (χ1v) is 7.08. The molecule has 1 aromatic heterocycles. The second-order valence-electron chi connectivity index (χ2n) is 4.74. The smallest absolute Gasteiger partial charge is 0.0360 e. The summed E-state index contributed by atoms with van der Waals surface area (Å²) in [6.07, 6.45) is 1.31. The van der Waals surface area contributed by atoms with Gasteiger partial charge < -0.3 is 5.32 Å². The lowest BCUT2D eigenvalue weighted by molar-refractivity contribution is 0.519. The molecule has 0 radical (unpaired) electrons. The standard InChI is InChI=1S/C15H17NS/c1-16-15(12-7-8-17-10-12)14-9-13(14)11-5-3-2-4-6-11/h2-8,10,13-16H,9H2,1H3. The maximum Gasteiger partial charge on any atom is 0.0360 e. The van der Waals surface area contributed by atoms with Gasteiger partial charge in [-0.1, -0.05) is 30.3 Å². The Kier molecular flexibility index (Phi) is 3.00. The summed E-state index contributed by atoms with van der Waals surface area (Å²) >= 11 is 1.79. The first-order chi connectivity index (χ1) is 8.40. The van der Waals surface area contributed by atoms with Gasteiger partial charge >= 0.3 is 0 Å². The summed E-state index contributed by atoms with van der Waals surface area (Å²) in [6.45, 7) is 0. The summed E-state index contributed by atoms with van der Waals surface area (Å²) in [5.74, 6) is 1.51. The van der Waals surface area contributed by atoms with E-state index >= 15 is 0 Å². The van der Waals surface area contributed by atoms with Crippen LogP contribution in [-0.2, 0) is 0 Å². The Bertz CT molecular complexity index is 463. The number of benzene rings is 1. The van der Waals surface area contributed by atoms with Crippen LogP contribution in [0.2, 0.25) is 0 Å². The number of rotatable bonds is 4. The summed E-state index contributed by atoms with van der Waals surface area (Å²) in [6, 6.07) is 13.6. The number of thiophene rings is 1. The fourth-order valence-corrected chi connectivity index (χ4v) is 3.44. The van der Waals surface area contributed by atoms with Crippen LogP contribution in [0.3, 0.4) is 0 Å². The van der Waals surface area contributed by atoms with Crippen molar-refractivity contribution in [2.24, 2.45) is 5.92 Å². The van der Waals surface area contributed by atoms with Crippen molar-refractivity contribution in [1.82, 2.24) is 5.32 Å². The fraction of sp³-hybridized carbons (Fsp3) is 0.333. The minimum absolute atomic E-state index is 0.520. The van der Waals surface area contributed by atoms with E-state index in [2.05, 4.69) is 59.5 Å². The van der Waals surface area contributed by atoms with Gasteiger partial charge in [0, 0.05) is 6.04 Å². The first kappa shape index (κ1) is 11.0. The van der Waals surface area contributed by atoms with E-state index < -0.39 is 0 Å². The van der Waals surface area contributed by atoms with Crippen LogP contribution in [-0.4, -0.2) is 7.05 Å². The zero-order chi connectivity index (χ0) is 11.7. The Morgan fingerprint density at radius 2 is 2.06 bits per heavy atom. The summed E-state index contributed by atoms with van der Waals surface area (Å²) < 4.78 is 0. The Hall–Kier alpha value is -1.12. The van der Waals surface area contributed by atoms with Crippen molar-refractivity contribution in [2.45, 2.75) is 18.4 Å².